The van der Waals surface area contributed by atoms with E-state index >= 15 is 0 Å². The molecule has 0 bridgehead atoms. The monoisotopic (exact) mass is 370 g/mol. The maximum atomic E-state index is 12.3. The van der Waals surface area contributed by atoms with Gasteiger partial charge in [-0.05, 0) is 41.5 Å². The zero-order chi connectivity index (χ0) is 20.5. The summed E-state index contributed by atoms with van der Waals surface area (Å²) in [6, 6.07) is 5.94. The first-order valence-corrected chi connectivity index (χ1v) is 8.67. The fraction of sp³-hybridized carbons (Fsp3) is 0.333. The number of carboxylic acid groups (broad SMARTS) is 2. The van der Waals surface area contributed by atoms with Gasteiger partial charge in [0.15, 0.2) is 0 Å². The van der Waals surface area contributed by atoms with E-state index in [1.54, 1.807) is 39.8 Å². The maximum Gasteiger partial charge on any atom is 0.335 e. The highest BCUT2D eigenvalue weighted by molar-refractivity contribution is 5.92. The Balaban J connectivity index is 2.60. The molecule has 0 aromatic heterocycles. The van der Waals surface area contributed by atoms with Crippen molar-refractivity contribution >= 4 is 11.9 Å². The number of hydrogen-bond acceptors (Lipinski definition) is 4. The molecule has 0 unspecified atom stereocenters. The summed E-state index contributed by atoms with van der Waals surface area (Å²) in [6.07, 6.45) is 0.223. The van der Waals surface area contributed by atoms with Crippen LogP contribution in [0, 0.1) is 0 Å². The van der Waals surface area contributed by atoms with E-state index in [0.29, 0.717) is 22.3 Å². The van der Waals surface area contributed by atoms with Gasteiger partial charge in [0.2, 0.25) is 0 Å². The van der Waals surface area contributed by atoms with E-state index in [4.69, 9.17) is 0 Å². The van der Waals surface area contributed by atoms with Crippen LogP contribution in [0.3, 0.4) is 0 Å². The van der Waals surface area contributed by atoms with Gasteiger partial charge in [-0.15, -0.1) is 0 Å². The molecule has 2 N–H and O–H groups in total. The minimum Gasteiger partial charge on any atom is -0.872 e. The van der Waals surface area contributed by atoms with Gasteiger partial charge in [0.1, 0.15) is 0 Å². The van der Waals surface area contributed by atoms with Crippen LogP contribution >= 0.6 is 0 Å². The Morgan fingerprint density at radius 3 is 1.37 bits per heavy atom. The van der Waals surface area contributed by atoms with Crippen molar-refractivity contribution in [2.24, 2.45) is 0 Å². The van der Waals surface area contributed by atoms with Crippen LogP contribution in [0.5, 0.6) is 11.5 Å². The van der Waals surface area contributed by atoms with E-state index in [1.165, 1.54) is 12.1 Å². The molecular weight excluding hydrogens is 348 g/mol. The topological polar surface area (TPSA) is 121 Å². The van der Waals surface area contributed by atoms with Gasteiger partial charge in [-0.2, -0.15) is 0 Å². The Labute approximate surface area is 157 Å². The van der Waals surface area contributed by atoms with Crippen molar-refractivity contribution < 1.29 is 30.0 Å². The first-order chi connectivity index (χ1) is 12.5. The molecule has 144 valence electrons. The number of hydrogen-bond donors (Lipinski definition) is 2. The standard InChI is InChI=1S/C21H24O6/c1-10(2)14-6-12(8-16(18(14)22)20(24)25)5-13-7-15(11(3)4)19(23)17(9-13)21(26)27/h6-11,22-23H,5H2,1-4H3,(H,24,25)(H,26,27)/p-2. The number of carboxylic acids is 2. The molecule has 0 saturated heterocycles. The Kier molecular flexibility index (Phi) is 5.78. The lowest BCUT2D eigenvalue weighted by molar-refractivity contribution is -0.270. The second-order valence-corrected chi connectivity index (χ2v) is 7.22. The second-order valence-electron chi connectivity index (χ2n) is 7.22. The highest BCUT2D eigenvalue weighted by Gasteiger charge is 2.15. The molecule has 0 aliphatic carbocycles. The summed E-state index contributed by atoms with van der Waals surface area (Å²) >= 11 is 0. The highest BCUT2D eigenvalue weighted by Crippen LogP contribution is 2.32. The number of benzene rings is 2. The molecule has 0 fully saturated rings. The number of aromatic carboxylic acids is 2. The van der Waals surface area contributed by atoms with Crippen molar-refractivity contribution in [2.45, 2.75) is 46.0 Å². The predicted molar refractivity (Wildman–Crippen MR) is 96.7 cm³/mol. The molecule has 0 radical (unpaired) electrons. The molecule has 0 amide bonds. The fourth-order valence-corrected chi connectivity index (χ4v) is 3.04. The van der Waals surface area contributed by atoms with Crippen LogP contribution in [-0.4, -0.2) is 22.2 Å². The van der Waals surface area contributed by atoms with Gasteiger partial charge in [-0.1, -0.05) is 62.5 Å². The van der Waals surface area contributed by atoms with Crippen LogP contribution in [0.15, 0.2) is 24.3 Å². The Bertz CT molecular complexity index is 823. The summed E-state index contributed by atoms with van der Waals surface area (Å²) in [4.78, 5) is 22.8. The number of rotatable bonds is 6. The molecule has 2 rings (SSSR count). The van der Waals surface area contributed by atoms with Crippen LogP contribution in [0.4, 0.5) is 0 Å². The first-order valence-electron chi connectivity index (χ1n) is 8.67. The summed E-state index contributed by atoms with van der Waals surface area (Å²) in [5.41, 5.74) is 1.35. The van der Waals surface area contributed by atoms with Gasteiger partial charge in [0.05, 0.1) is 11.1 Å². The molecule has 0 heterocycles. The predicted octanol–water partition coefficient (Wildman–Crippen LogP) is 3.07. The van der Waals surface area contributed by atoms with Crippen LogP contribution < -0.4 is 10.2 Å². The van der Waals surface area contributed by atoms with E-state index in [1.807, 2.05) is 0 Å². The summed E-state index contributed by atoms with van der Waals surface area (Å²) in [5.74, 6) is -3.92. The minimum atomic E-state index is -1.30. The van der Waals surface area contributed by atoms with Crippen molar-refractivity contribution in [3.63, 3.8) is 0 Å². The third-order valence-electron chi connectivity index (χ3n) is 4.47. The number of carbonyl (C=O) groups is 2. The lowest BCUT2D eigenvalue weighted by Gasteiger charge is -2.23. The van der Waals surface area contributed by atoms with Crippen molar-refractivity contribution in [3.05, 3.63) is 57.6 Å². The highest BCUT2D eigenvalue weighted by atomic mass is 16.4. The zero-order valence-corrected chi connectivity index (χ0v) is 15.7. The second kappa shape index (κ2) is 7.70. The van der Waals surface area contributed by atoms with Gasteiger partial charge < -0.3 is 20.4 Å². The zero-order valence-electron chi connectivity index (χ0n) is 15.7. The van der Waals surface area contributed by atoms with E-state index in [0.717, 1.165) is 0 Å². The third kappa shape index (κ3) is 4.22. The van der Waals surface area contributed by atoms with Gasteiger partial charge >= 0.3 is 11.9 Å². The van der Waals surface area contributed by atoms with E-state index in [9.17, 15) is 30.0 Å². The lowest BCUT2D eigenvalue weighted by Crippen LogP contribution is -2.11. The van der Waals surface area contributed by atoms with Crippen LogP contribution in [-0.2, 0) is 6.42 Å². The van der Waals surface area contributed by atoms with Crippen LogP contribution in [0.25, 0.3) is 0 Å². The van der Waals surface area contributed by atoms with E-state index in [2.05, 4.69) is 0 Å². The van der Waals surface area contributed by atoms with Gasteiger partial charge in [-0.25, -0.2) is 9.59 Å². The van der Waals surface area contributed by atoms with Crippen LogP contribution in [0.1, 0.15) is 82.5 Å². The molecule has 0 saturated carbocycles. The largest absolute Gasteiger partial charge is 0.872 e. The summed E-state index contributed by atoms with van der Waals surface area (Å²) in [6.45, 7) is 7.21. The molecule has 27 heavy (non-hydrogen) atoms. The molecule has 0 spiro atoms. The quantitative estimate of drug-likeness (QED) is 0.806. The Morgan fingerprint density at radius 1 is 0.778 bits per heavy atom. The maximum absolute atomic E-state index is 12.3. The van der Waals surface area contributed by atoms with Gasteiger partial charge in [0.25, 0.3) is 0 Å². The van der Waals surface area contributed by atoms with Gasteiger partial charge in [0, 0.05) is 0 Å². The molecule has 0 atom stereocenters. The summed E-state index contributed by atoms with van der Waals surface area (Å²) in [7, 11) is 0. The normalized spacial score (nSPS) is 11.2. The minimum absolute atomic E-state index is 0.152. The average molecular weight is 370 g/mol. The molecule has 2 aromatic rings. The molecular formula is C21H22O6-2. The molecule has 6 heteroatoms. The van der Waals surface area contributed by atoms with Crippen molar-refractivity contribution in [2.75, 3.05) is 0 Å². The molecule has 2 aromatic carbocycles. The fourth-order valence-electron chi connectivity index (χ4n) is 3.04. The van der Waals surface area contributed by atoms with E-state index in [-0.39, 0.29) is 29.4 Å². The van der Waals surface area contributed by atoms with Crippen molar-refractivity contribution in [1.29, 1.82) is 0 Å². The summed E-state index contributed by atoms with van der Waals surface area (Å²) in [5, 5.41) is 43.2. The molecule has 0 aliphatic rings. The lowest BCUT2D eigenvalue weighted by atomic mass is 9.90. The Hall–Kier alpha value is -3.02. The molecule has 6 nitrogen and oxygen atoms in total. The SMILES string of the molecule is CC(C)c1cc(Cc2cc(C(=O)O)c([O-])c(C(C)C)c2)cc(C(=O)O)c1[O-]. The Morgan fingerprint density at radius 2 is 1.11 bits per heavy atom. The smallest absolute Gasteiger partial charge is 0.335 e. The van der Waals surface area contributed by atoms with Crippen molar-refractivity contribution in [1.82, 2.24) is 0 Å². The van der Waals surface area contributed by atoms with Crippen molar-refractivity contribution in [3.8, 4) is 11.5 Å². The average Bonchev–Trinajstić information content (AvgIpc) is 2.56. The summed E-state index contributed by atoms with van der Waals surface area (Å²) < 4.78 is 0. The van der Waals surface area contributed by atoms with Gasteiger partial charge in [-0.3, -0.25) is 0 Å². The molecule has 0 aliphatic heterocycles. The van der Waals surface area contributed by atoms with Crippen LogP contribution in [0.2, 0.25) is 0 Å². The first kappa shape index (κ1) is 20.3. The van der Waals surface area contributed by atoms with E-state index < -0.39 is 23.4 Å². The third-order valence-corrected chi connectivity index (χ3v) is 4.47.